The van der Waals surface area contributed by atoms with E-state index in [0.29, 0.717) is 5.41 Å². The molecule has 3 amide bonds. The number of carbonyl (C=O) groups excluding carboxylic acids is 3. The highest BCUT2D eigenvalue weighted by Gasteiger charge is 2.54. The molecule has 0 bridgehead atoms. The van der Waals surface area contributed by atoms with Gasteiger partial charge in [0.2, 0.25) is 11.8 Å². The fourth-order valence-corrected chi connectivity index (χ4v) is 6.89. The van der Waals surface area contributed by atoms with Crippen LogP contribution in [0.25, 0.3) is 11.1 Å². The minimum absolute atomic E-state index is 0.0463. The zero-order valence-electron chi connectivity index (χ0n) is 23.2. The SMILES string of the molecule is O=C(CNC(=O)OCC1c2ccccc2-c2ccccc21)NCC(=O)NC1CCC2(CC1)CC2Cc1ccccc1. The monoisotopic (exact) mass is 551 g/mol. The maximum atomic E-state index is 12.4. The molecule has 0 radical (unpaired) electrons. The van der Waals surface area contributed by atoms with Crippen LogP contribution >= 0.6 is 0 Å². The lowest BCUT2D eigenvalue weighted by Crippen LogP contribution is -2.45. The normalized spacial score (nSPS) is 22.3. The van der Waals surface area contributed by atoms with Crippen molar-refractivity contribution in [2.24, 2.45) is 11.3 Å². The van der Waals surface area contributed by atoms with Crippen molar-refractivity contribution < 1.29 is 19.1 Å². The molecule has 1 unspecified atom stereocenters. The van der Waals surface area contributed by atoms with Crippen molar-refractivity contribution in [2.75, 3.05) is 19.7 Å². The second-order valence-corrected chi connectivity index (χ2v) is 11.8. The lowest BCUT2D eigenvalue weighted by Gasteiger charge is -2.30. The van der Waals surface area contributed by atoms with Gasteiger partial charge in [-0.1, -0.05) is 78.9 Å². The first kappa shape index (κ1) is 27.1. The summed E-state index contributed by atoms with van der Waals surface area (Å²) < 4.78 is 5.47. The van der Waals surface area contributed by atoms with Crippen molar-refractivity contribution in [2.45, 2.75) is 50.5 Å². The van der Waals surface area contributed by atoms with Crippen LogP contribution in [0.15, 0.2) is 78.9 Å². The highest BCUT2D eigenvalue weighted by Crippen LogP contribution is 2.62. The molecule has 1 atom stereocenters. The maximum absolute atomic E-state index is 12.4. The first-order valence-electron chi connectivity index (χ1n) is 14.7. The lowest BCUT2D eigenvalue weighted by molar-refractivity contribution is -0.126. The molecule has 2 saturated carbocycles. The van der Waals surface area contributed by atoms with E-state index in [2.05, 4.69) is 70.5 Å². The van der Waals surface area contributed by atoms with Gasteiger partial charge in [-0.15, -0.1) is 0 Å². The Kier molecular flexibility index (Phi) is 7.77. The number of hydrogen-bond acceptors (Lipinski definition) is 4. The van der Waals surface area contributed by atoms with Gasteiger partial charge in [0, 0.05) is 12.0 Å². The molecular formula is C34H37N3O4. The molecule has 7 heteroatoms. The summed E-state index contributed by atoms with van der Waals surface area (Å²) in [6, 6.07) is 27.1. The Morgan fingerprint density at radius 1 is 0.756 bits per heavy atom. The van der Waals surface area contributed by atoms with E-state index < -0.39 is 12.0 Å². The molecule has 212 valence electrons. The van der Waals surface area contributed by atoms with Crippen molar-refractivity contribution in [3.8, 4) is 11.1 Å². The van der Waals surface area contributed by atoms with Crippen LogP contribution in [0.1, 0.15) is 54.7 Å². The van der Waals surface area contributed by atoms with Crippen molar-refractivity contribution in [3.63, 3.8) is 0 Å². The number of alkyl carbamates (subject to hydrolysis) is 1. The van der Waals surface area contributed by atoms with Crippen LogP contribution in [0.4, 0.5) is 4.79 Å². The van der Waals surface area contributed by atoms with E-state index in [4.69, 9.17) is 4.74 Å². The van der Waals surface area contributed by atoms with E-state index in [9.17, 15) is 14.4 Å². The molecule has 0 aliphatic heterocycles. The van der Waals surface area contributed by atoms with Crippen LogP contribution in [0.2, 0.25) is 0 Å². The van der Waals surface area contributed by atoms with Gasteiger partial charge in [-0.05, 0) is 77.7 Å². The first-order chi connectivity index (χ1) is 20.0. The van der Waals surface area contributed by atoms with Gasteiger partial charge in [-0.2, -0.15) is 0 Å². The number of fused-ring (bicyclic) bond motifs is 3. The predicted molar refractivity (Wildman–Crippen MR) is 157 cm³/mol. The third-order valence-corrected chi connectivity index (χ3v) is 9.21. The molecule has 0 heterocycles. The average molecular weight is 552 g/mol. The van der Waals surface area contributed by atoms with Crippen LogP contribution in [0.5, 0.6) is 0 Å². The van der Waals surface area contributed by atoms with Gasteiger partial charge in [-0.25, -0.2) is 4.79 Å². The van der Waals surface area contributed by atoms with Crippen LogP contribution < -0.4 is 16.0 Å². The summed E-state index contributed by atoms with van der Waals surface area (Å²) in [6.07, 6.45) is 6.03. The Morgan fingerprint density at radius 3 is 2.05 bits per heavy atom. The van der Waals surface area contributed by atoms with Crippen molar-refractivity contribution in [1.82, 2.24) is 16.0 Å². The first-order valence-corrected chi connectivity index (χ1v) is 14.7. The third kappa shape index (κ3) is 6.14. The van der Waals surface area contributed by atoms with Crippen LogP contribution in [-0.2, 0) is 20.7 Å². The zero-order valence-corrected chi connectivity index (χ0v) is 23.2. The van der Waals surface area contributed by atoms with Gasteiger partial charge in [0.1, 0.15) is 13.2 Å². The summed E-state index contributed by atoms with van der Waals surface area (Å²) in [5.41, 5.74) is 6.43. The second kappa shape index (κ2) is 11.8. The summed E-state index contributed by atoms with van der Waals surface area (Å²) in [7, 11) is 0. The number of carbonyl (C=O) groups is 3. The van der Waals surface area contributed by atoms with Gasteiger partial charge in [0.15, 0.2) is 0 Å². The molecule has 3 aliphatic rings. The van der Waals surface area contributed by atoms with Crippen molar-refractivity contribution in [1.29, 1.82) is 0 Å². The Labute approximate surface area is 241 Å². The maximum Gasteiger partial charge on any atom is 0.407 e. The molecule has 41 heavy (non-hydrogen) atoms. The van der Waals surface area contributed by atoms with E-state index in [-0.39, 0.29) is 37.6 Å². The predicted octanol–water partition coefficient (Wildman–Crippen LogP) is 4.95. The van der Waals surface area contributed by atoms with E-state index in [1.807, 2.05) is 24.3 Å². The number of nitrogens with one attached hydrogen (secondary N) is 3. The molecule has 0 saturated heterocycles. The quantitative estimate of drug-likeness (QED) is 0.351. The minimum atomic E-state index is -0.659. The molecule has 3 aromatic carbocycles. The van der Waals surface area contributed by atoms with Gasteiger partial charge in [0.25, 0.3) is 0 Å². The summed E-state index contributed by atoms with van der Waals surface area (Å²) in [5.74, 6) is 0.0786. The number of ether oxygens (including phenoxy) is 1. The highest BCUT2D eigenvalue weighted by atomic mass is 16.5. The molecule has 3 aromatic rings. The number of benzene rings is 3. The van der Waals surface area contributed by atoms with Crippen LogP contribution in [0.3, 0.4) is 0 Å². The average Bonchev–Trinajstić information content (AvgIpc) is 3.55. The third-order valence-electron chi connectivity index (χ3n) is 9.21. The molecule has 2 fully saturated rings. The van der Waals surface area contributed by atoms with Gasteiger partial charge in [0.05, 0.1) is 6.54 Å². The van der Waals surface area contributed by atoms with E-state index in [1.165, 1.54) is 12.0 Å². The summed E-state index contributed by atoms with van der Waals surface area (Å²) >= 11 is 0. The minimum Gasteiger partial charge on any atom is -0.449 e. The van der Waals surface area contributed by atoms with Gasteiger partial charge >= 0.3 is 6.09 Å². The standard InChI is InChI=1S/C34H37N3O4/c38-31(20-36-33(40)41-22-30-28-12-6-4-10-26(28)27-11-5-7-13-29(27)30)35-21-32(39)37-25-14-16-34(17-15-25)19-24(34)18-23-8-2-1-3-9-23/h1-13,24-25,30H,14-22H2,(H,35,38)(H,36,40)(H,37,39). The molecule has 7 nitrogen and oxygen atoms in total. The Bertz CT molecular complexity index is 1370. The lowest BCUT2D eigenvalue weighted by atomic mass is 9.81. The fourth-order valence-electron chi connectivity index (χ4n) is 6.89. The van der Waals surface area contributed by atoms with Gasteiger partial charge in [-0.3, -0.25) is 9.59 Å². The van der Waals surface area contributed by atoms with Crippen molar-refractivity contribution >= 4 is 17.9 Å². The van der Waals surface area contributed by atoms with E-state index in [0.717, 1.165) is 60.3 Å². The highest BCUT2D eigenvalue weighted by molar-refractivity contribution is 5.87. The Balaban J connectivity index is 0.871. The van der Waals surface area contributed by atoms with Crippen molar-refractivity contribution in [3.05, 3.63) is 95.6 Å². The number of rotatable bonds is 9. The second-order valence-electron chi connectivity index (χ2n) is 11.8. The number of amides is 3. The van der Waals surface area contributed by atoms with Gasteiger partial charge < -0.3 is 20.7 Å². The largest absolute Gasteiger partial charge is 0.449 e. The topological polar surface area (TPSA) is 96.5 Å². The van der Waals surface area contributed by atoms with E-state index in [1.54, 1.807) is 0 Å². The number of hydrogen-bond donors (Lipinski definition) is 3. The summed E-state index contributed by atoms with van der Waals surface area (Å²) in [6.45, 7) is -0.179. The smallest absolute Gasteiger partial charge is 0.407 e. The molecular weight excluding hydrogens is 514 g/mol. The zero-order chi connectivity index (χ0) is 28.2. The Morgan fingerprint density at radius 2 is 1.37 bits per heavy atom. The van der Waals surface area contributed by atoms with Crippen LogP contribution in [-0.4, -0.2) is 43.6 Å². The Hall–Kier alpha value is -4.13. The molecule has 1 spiro atoms. The van der Waals surface area contributed by atoms with E-state index >= 15 is 0 Å². The molecule has 6 rings (SSSR count). The molecule has 3 aliphatic carbocycles. The summed E-state index contributed by atoms with van der Waals surface area (Å²) in [5, 5.41) is 8.16. The fraction of sp³-hybridized carbons (Fsp3) is 0.382. The summed E-state index contributed by atoms with van der Waals surface area (Å²) in [4.78, 5) is 37.0. The molecule has 0 aromatic heterocycles. The molecule has 3 N–H and O–H groups in total. The van der Waals surface area contributed by atoms with Crippen LogP contribution in [0, 0.1) is 11.3 Å².